The van der Waals surface area contributed by atoms with Crippen molar-refractivity contribution >= 4 is 17.8 Å². The first-order valence-corrected chi connectivity index (χ1v) is 33.1. The van der Waals surface area contributed by atoms with Crippen LogP contribution in [0, 0.1) is 11.8 Å². The predicted molar refractivity (Wildman–Crippen MR) is 318 cm³/mol. The highest BCUT2D eigenvalue weighted by Crippen LogP contribution is 2.24. The van der Waals surface area contributed by atoms with E-state index in [0.717, 1.165) is 70.9 Å². The van der Waals surface area contributed by atoms with Gasteiger partial charge in [-0.15, -0.1) is 0 Å². The average Bonchev–Trinajstić information content (AvgIpc) is 3.39. The molecule has 73 heavy (non-hydrogen) atoms. The highest BCUT2D eigenvalue weighted by Gasteiger charge is 2.23. The molecule has 0 aliphatic rings. The topological polar surface area (TPSA) is 84.9 Å². The van der Waals surface area contributed by atoms with Crippen molar-refractivity contribution in [3.8, 4) is 0 Å². The van der Waals surface area contributed by atoms with Crippen LogP contribution >= 0.6 is 0 Å². The molecule has 0 aliphatic carbocycles. The van der Waals surface area contributed by atoms with Crippen molar-refractivity contribution in [2.24, 2.45) is 11.8 Å². The highest BCUT2D eigenvalue weighted by atomic mass is 16.5. The maximum absolute atomic E-state index is 14.1. The molecule has 0 spiro atoms. The predicted octanol–water partition coefficient (Wildman–Crippen LogP) is 20.3. The number of amides is 1. The third-order valence-corrected chi connectivity index (χ3v) is 16.0. The largest absolute Gasteiger partial charge is 0.465 e. The Balaban J connectivity index is 5.10. The minimum absolute atomic E-state index is 0.000865. The quantitative estimate of drug-likeness (QED) is 0.0483. The van der Waals surface area contributed by atoms with Crippen molar-refractivity contribution in [2.45, 2.75) is 362 Å². The van der Waals surface area contributed by atoms with Crippen LogP contribution in [0.25, 0.3) is 0 Å². The fraction of sp³-hybridized carbons (Fsp3) is 0.955. The molecule has 1 amide bonds. The number of carbonyl (C=O) groups is 3. The standard InChI is InChI=1S/C66H130N2O5/c1-7-12-17-20-21-22-23-24-25-26-27-33-38-47-58-68(64(69)54-45-46-57-67-6)63(53-42-35-31-32-37-44-56-66(71)73-60-62(49-16-11-5)51-40-19-14-9-3)52-41-34-29-28-30-36-43-55-65(70)72-59-61(48-15-10-4)50-39-18-13-8-2/h61-63,67H,7-60H2,1-6H3. The van der Waals surface area contributed by atoms with E-state index >= 15 is 0 Å². The Morgan fingerprint density at radius 1 is 0.342 bits per heavy atom. The van der Waals surface area contributed by atoms with E-state index in [1.165, 1.54) is 244 Å². The van der Waals surface area contributed by atoms with Crippen molar-refractivity contribution in [3.63, 3.8) is 0 Å². The number of esters is 2. The van der Waals surface area contributed by atoms with E-state index in [-0.39, 0.29) is 11.9 Å². The lowest BCUT2D eigenvalue weighted by Crippen LogP contribution is -2.41. The maximum atomic E-state index is 14.1. The van der Waals surface area contributed by atoms with Gasteiger partial charge in [0.15, 0.2) is 0 Å². The zero-order chi connectivity index (χ0) is 53.3. The summed E-state index contributed by atoms with van der Waals surface area (Å²) in [7, 11) is 2.01. The molecule has 0 heterocycles. The van der Waals surface area contributed by atoms with Gasteiger partial charge in [-0.25, -0.2) is 0 Å². The Morgan fingerprint density at radius 3 is 1.03 bits per heavy atom. The van der Waals surface area contributed by atoms with Gasteiger partial charge < -0.3 is 19.7 Å². The molecule has 0 radical (unpaired) electrons. The summed E-state index contributed by atoms with van der Waals surface area (Å²) >= 11 is 0. The normalized spacial score (nSPS) is 12.8. The van der Waals surface area contributed by atoms with Gasteiger partial charge in [0.25, 0.3) is 0 Å². The first kappa shape index (κ1) is 71.4. The summed E-state index contributed by atoms with van der Waals surface area (Å²) in [5.41, 5.74) is 0. The van der Waals surface area contributed by atoms with Gasteiger partial charge in [0, 0.05) is 31.8 Å². The smallest absolute Gasteiger partial charge is 0.305 e. The number of nitrogens with zero attached hydrogens (tertiary/aromatic N) is 1. The van der Waals surface area contributed by atoms with Gasteiger partial charge in [0.2, 0.25) is 5.91 Å². The van der Waals surface area contributed by atoms with Gasteiger partial charge in [0.05, 0.1) is 13.2 Å². The minimum atomic E-state index is -0.000865. The number of ether oxygens (including phenoxy) is 2. The molecule has 0 saturated carbocycles. The van der Waals surface area contributed by atoms with Crippen LogP contribution in [0.2, 0.25) is 0 Å². The second-order valence-electron chi connectivity index (χ2n) is 23.2. The molecule has 0 fully saturated rings. The van der Waals surface area contributed by atoms with Crippen LogP contribution in [-0.4, -0.2) is 62.1 Å². The lowest BCUT2D eigenvalue weighted by Gasteiger charge is -2.33. The van der Waals surface area contributed by atoms with Gasteiger partial charge in [-0.1, -0.05) is 266 Å². The lowest BCUT2D eigenvalue weighted by molar-refractivity contribution is -0.146. The van der Waals surface area contributed by atoms with Crippen LogP contribution in [-0.2, 0) is 23.9 Å². The summed E-state index contributed by atoms with van der Waals surface area (Å²) in [6.45, 7) is 14.4. The van der Waals surface area contributed by atoms with Crippen LogP contribution in [0.3, 0.4) is 0 Å². The first-order chi connectivity index (χ1) is 35.9. The number of carbonyl (C=O) groups excluding carboxylic acids is 3. The monoisotopic (exact) mass is 1030 g/mol. The number of unbranched alkanes of at least 4 members (excludes halogenated alkanes) is 33. The molecular weight excluding hydrogens is 901 g/mol. The SMILES string of the molecule is CCCCCCCCCCCCCCCCN(C(=O)CCCCNC)C(CCCCCCCCCC(=O)OCC(CCCC)CCCCCC)CCCCCCCCC(=O)OCC(CCCC)CCCCCC. The molecule has 0 aromatic carbocycles. The summed E-state index contributed by atoms with van der Waals surface area (Å²) in [5, 5.41) is 3.27. The van der Waals surface area contributed by atoms with Crippen LogP contribution in [0.1, 0.15) is 356 Å². The number of hydrogen-bond acceptors (Lipinski definition) is 6. The van der Waals surface area contributed by atoms with Gasteiger partial charge in [-0.2, -0.15) is 0 Å². The maximum Gasteiger partial charge on any atom is 0.305 e. The van der Waals surface area contributed by atoms with E-state index in [0.29, 0.717) is 56.3 Å². The lowest BCUT2D eigenvalue weighted by atomic mass is 9.96. The Bertz CT molecular complexity index is 1150. The molecule has 0 aliphatic heterocycles. The van der Waals surface area contributed by atoms with E-state index in [9.17, 15) is 14.4 Å². The zero-order valence-electron chi connectivity index (χ0n) is 50.4. The van der Waals surface area contributed by atoms with Crippen molar-refractivity contribution in [1.82, 2.24) is 10.2 Å². The Labute approximate surface area is 456 Å². The second kappa shape index (κ2) is 58.1. The third kappa shape index (κ3) is 49.7. The molecule has 7 nitrogen and oxygen atoms in total. The summed E-state index contributed by atoms with van der Waals surface area (Å²) in [6, 6.07) is 0.338. The van der Waals surface area contributed by atoms with Gasteiger partial charge in [0.1, 0.15) is 0 Å². The van der Waals surface area contributed by atoms with Crippen LogP contribution < -0.4 is 5.32 Å². The van der Waals surface area contributed by atoms with Crippen molar-refractivity contribution in [1.29, 1.82) is 0 Å². The fourth-order valence-electron chi connectivity index (χ4n) is 10.9. The molecular formula is C66H130N2O5. The second-order valence-corrected chi connectivity index (χ2v) is 23.2. The van der Waals surface area contributed by atoms with Crippen molar-refractivity contribution in [3.05, 3.63) is 0 Å². The zero-order valence-corrected chi connectivity index (χ0v) is 50.4. The average molecular weight is 1030 g/mol. The Hall–Kier alpha value is -1.63. The molecule has 0 bridgehead atoms. The minimum Gasteiger partial charge on any atom is -0.465 e. The van der Waals surface area contributed by atoms with E-state index in [1.54, 1.807) is 0 Å². The number of hydrogen-bond donors (Lipinski definition) is 1. The van der Waals surface area contributed by atoms with Gasteiger partial charge in [-0.3, -0.25) is 14.4 Å². The van der Waals surface area contributed by atoms with Crippen LogP contribution in [0.4, 0.5) is 0 Å². The molecule has 0 saturated heterocycles. The molecule has 0 aromatic rings. The number of nitrogens with one attached hydrogen (secondary N) is 1. The van der Waals surface area contributed by atoms with E-state index in [2.05, 4.69) is 44.8 Å². The van der Waals surface area contributed by atoms with Gasteiger partial charge in [-0.05, 0) is 96.1 Å². The van der Waals surface area contributed by atoms with Crippen LogP contribution in [0.15, 0.2) is 0 Å². The molecule has 3 unspecified atom stereocenters. The summed E-state index contributed by atoms with van der Waals surface area (Å²) in [6.07, 6.45) is 59.7. The number of rotatable bonds is 60. The van der Waals surface area contributed by atoms with E-state index in [4.69, 9.17) is 9.47 Å². The van der Waals surface area contributed by atoms with Crippen molar-refractivity contribution in [2.75, 3.05) is 33.4 Å². The third-order valence-electron chi connectivity index (χ3n) is 16.0. The van der Waals surface area contributed by atoms with Gasteiger partial charge >= 0.3 is 11.9 Å². The van der Waals surface area contributed by atoms with Crippen LogP contribution in [0.5, 0.6) is 0 Å². The molecule has 1 N–H and O–H groups in total. The Kier molecular flexibility index (Phi) is 56.8. The van der Waals surface area contributed by atoms with Crippen molar-refractivity contribution < 1.29 is 23.9 Å². The first-order valence-electron chi connectivity index (χ1n) is 33.1. The molecule has 0 aromatic heterocycles. The summed E-state index contributed by atoms with van der Waals surface area (Å²) in [5.74, 6) is 1.44. The molecule has 7 heteroatoms. The van der Waals surface area contributed by atoms with E-state index < -0.39 is 0 Å². The molecule has 0 rings (SSSR count). The fourth-order valence-corrected chi connectivity index (χ4v) is 10.9. The Morgan fingerprint density at radius 2 is 0.644 bits per heavy atom. The van der Waals surface area contributed by atoms with E-state index in [1.807, 2.05) is 7.05 Å². The summed E-state index contributed by atoms with van der Waals surface area (Å²) < 4.78 is 11.6. The molecule has 3 atom stereocenters. The highest BCUT2D eigenvalue weighted by molar-refractivity contribution is 5.76. The molecule has 434 valence electrons. The summed E-state index contributed by atoms with van der Waals surface area (Å²) in [4.78, 5) is 41.7.